The zero-order valence-electron chi connectivity index (χ0n) is 10.7. The first-order valence-electron chi connectivity index (χ1n) is 6.60. The van der Waals surface area contributed by atoms with E-state index in [1.54, 1.807) is 12.1 Å². The molecule has 1 atom stereocenters. The van der Waals surface area contributed by atoms with Crippen LogP contribution in [0.3, 0.4) is 0 Å². The van der Waals surface area contributed by atoms with E-state index < -0.39 is 30.3 Å². The number of carbonyl (C=O) groups excluding carboxylic acids is 1. The van der Waals surface area contributed by atoms with E-state index in [4.69, 9.17) is 0 Å². The first kappa shape index (κ1) is 13.9. The van der Waals surface area contributed by atoms with Crippen LogP contribution in [0.2, 0.25) is 0 Å². The lowest BCUT2D eigenvalue weighted by atomic mass is 9.98. The molecule has 1 saturated carbocycles. The Bertz CT molecular complexity index is 494. The van der Waals surface area contributed by atoms with Crippen LogP contribution >= 0.6 is 11.3 Å². The highest BCUT2D eigenvalue weighted by atomic mass is 32.1. The molecule has 2 fully saturated rings. The second kappa shape index (κ2) is 4.73. The number of nitrogens with one attached hydrogen (secondary N) is 1. The van der Waals surface area contributed by atoms with E-state index in [9.17, 15) is 18.0 Å². The number of halogens is 3. The Hall–Kier alpha value is -1.08. The fourth-order valence-electron chi connectivity index (χ4n) is 3.16. The Morgan fingerprint density at radius 3 is 2.65 bits per heavy atom. The zero-order chi connectivity index (χ0) is 14.4. The number of hydrogen-bond acceptors (Lipinski definition) is 3. The molecule has 0 bridgehead atoms. The Labute approximate surface area is 118 Å². The molecular formula is C13H15F3N2OS. The van der Waals surface area contributed by atoms with E-state index in [0.29, 0.717) is 12.8 Å². The number of amides is 1. The lowest BCUT2D eigenvalue weighted by Gasteiger charge is -2.24. The molecule has 1 aliphatic heterocycles. The van der Waals surface area contributed by atoms with Crippen molar-refractivity contribution in [3.63, 3.8) is 0 Å². The molecule has 3 nitrogen and oxygen atoms in total. The summed E-state index contributed by atoms with van der Waals surface area (Å²) in [5, 5.41) is 4.99. The molecule has 110 valence electrons. The number of hydrogen-bond donors (Lipinski definition) is 1. The van der Waals surface area contributed by atoms with Gasteiger partial charge in [-0.2, -0.15) is 13.2 Å². The molecule has 1 N–H and O–H groups in total. The van der Waals surface area contributed by atoms with Crippen molar-refractivity contribution in [2.75, 3.05) is 6.54 Å². The molecule has 1 aromatic rings. The fraction of sp³-hybridized carbons (Fsp3) is 0.615. The second-order valence-corrected chi connectivity index (χ2v) is 6.38. The molecule has 2 aliphatic rings. The molecule has 2 heterocycles. The quantitative estimate of drug-likeness (QED) is 0.911. The molecule has 7 heteroatoms. The molecule has 0 aromatic carbocycles. The molecule has 3 rings (SSSR count). The summed E-state index contributed by atoms with van der Waals surface area (Å²) in [6, 6.07) is 3.56. The molecule has 1 aromatic heterocycles. The van der Waals surface area contributed by atoms with Gasteiger partial charge in [0.25, 0.3) is 0 Å². The maximum Gasteiger partial charge on any atom is 0.406 e. The summed E-state index contributed by atoms with van der Waals surface area (Å²) < 4.78 is 38.3. The monoisotopic (exact) mass is 304 g/mol. The van der Waals surface area contributed by atoms with Crippen LogP contribution < -0.4 is 5.32 Å². The van der Waals surface area contributed by atoms with Crippen LogP contribution in [0.1, 0.15) is 36.7 Å². The summed E-state index contributed by atoms with van der Waals surface area (Å²) in [7, 11) is 0. The van der Waals surface area contributed by atoms with Crippen molar-refractivity contribution < 1.29 is 18.0 Å². The first-order chi connectivity index (χ1) is 9.41. The number of carbonyl (C=O) groups is 1. The predicted octanol–water partition coefficient (Wildman–Crippen LogP) is 3.05. The largest absolute Gasteiger partial charge is 0.406 e. The van der Waals surface area contributed by atoms with Gasteiger partial charge in [0.1, 0.15) is 12.7 Å². The summed E-state index contributed by atoms with van der Waals surface area (Å²) in [6.07, 6.45) is -2.01. The molecule has 1 saturated heterocycles. The zero-order valence-corrected chi connectivity index (χ0v) is 11.6. The van der Waals surface area contributed by atoms with Gasteiger partial charge >= 0.3 is 6.18 Å². The third-order valence-electron chi connectivity index (χ3n) is 4.01. The van der Waals surface area contributed by atoms with Gasteiger partial charge in [-0.25, -0.2) is 0 Å². The van der Waals surface area contributed by atoms with Crippen LogP contribution in [0.5, 0.6) is 0 Å². The minimum atomic E-state index is -4.38. The van der Waals surface area contributed by atoms with Gasteiger partial charge in [0, 0.05) is 4.88 Å². The summed E-state index contributed by atoms with van der Waals surface area (Å²) >= 11 is 1.37. The lowest BCUT2D eigenvalue weighted by molar-refractivity contribution is -0.162. The van der Waals surface area contributed by atoms with Gasteiger partial charge in [0.15, 0.2) is 0 Å². The highest BCUT2D eigenvalue weighted by Crippen LogP contribution is 2.42. The number of rotatable bonds is 2. The molecule has 1 unspecified atom stereocenters. The average Bonchev–Trinajstić information content (AvgIpc) is 3.06. The number of alkyl halides is 3. The maximum absolute atomic E-state index is 12.8. The van der Waals surface area contributed by atoms with Crippen molar-refractivity contribution in [3.05, 3.63) is 22.4 Å². The van der Waals surface area contributed by atoms with Gasteiger partial charge < -0.3 is 4.90 Å². The average molecular weight is 304 g/mol. The van der Waals surface area contributed by atoms with E-state index in [1.807, 2.05) is 5.38 Å². The van der Waals surface area contributed by atoms with Crippen molar-refractivity contribution in [2.45, 2.75) is 43.6 Å². The fourth-order valence-corrected chi connectivity index (χ4v) is 3.94. The Morgan fingerprint density at radius 1 is 1.40 bits per heavy atom. The van der Waals surface area contributed by atoms with Crippen LogP contribution in [0.15, 0.2) is 17.5 Å². The van der Waals surface area contributed by atoms with Crippen LogP contribution in [-0.2, 0) is 4.79 Å². The topological polar surface area (TPSA) is 32.3 Å². The third-order valence-corrected chi connectivity index (χ3v) is 4.94. The van der Waals surface area contributed by atoms with E-state index in [1.165, 1.54) is 11.3 Å². The van der Waals surface area contributed by atoms with Gasteiger partial charge in [-0.15, -0.1) is 11.3 Å². The molecule has 1 aliphatic carbocycles. The minimum absolute atomic E-state index is 0.397. The van der Waals surface area contributed by atoms with Crippen molar-refractivity contribution in [1.82, 2.24) is 10.2 Å². The molecule has 20 heavy (non-hydrogen) atoms. The van der Waals surface area contributed by atoms with Crippen LogP contribution in [-0.4, -0.2) is 29.1 Å². The molecule has 1 amide bonds. The Kier molecular flexibility index (Phi) is 3.29. The van der Waals surface area contributed by atoms with Gasteiger partial charge in [-0.1, -0.05) is 18.9 Å². The standard InChI is InChI=1S/C13H15F3N2OS/c14-13(15,16)8-18-10(9-4-3-7-20-9)17-12(11(18)19)5-1-2-6-12/h3-4,7,10,17H,1-2,5-6,8H2. The van der Waals surface area contributed by atoms with Gasteiger partial charge in [0.05, 0.1) is 5.54 Å². The first-order valence-corrected chi connectivity index (χ1v) is 7.48. The van der Waals surface area contributed by atoms with E-state index in [0.717, 1.165) is 22.6 Å². The van der Waals surface area contributed by atoms with Crippen LogP contribution in [0.25, 0.3) is 0 Å². The minimum Gasteiger partial charge on any atom is -0.311 e. The SMILES string of the molecule is O=C1N(CC(F)(F)F)C(c2cccs2)NC12CCCC2. The van der Waals surface area contributed by atoms with E-state index in [-0.39, 0.29) is 0 Å². The molecule has 1 spiro atoms. The van der Waals surface area contributed by atoms with Crippen molar-refractivity contribution in [1.29, 1.82) is 0 Å². The predicted molar refractivity (Wildman–Crippen MR) is 69.2 cm³/mol. The second-order valence-electron chi connectivity index (χ2n) is 5.40. The van der Waals surface area contributed by atoms with Gasteiger partial charge in [-0.05, 0) is 24.3 Å². The van der Waals surface area contributed by atoms with Crippen molar-refractivity contribution in [2.24, 2.45) is 0 Å². The van der Waals surface area contributed by atoms with Crippen molar-refractivity contribution in [3.8, 4) is 0 Å². The van der Waals surface area contributed by atoms with Crippen LogP contribution in [0.4, 0.5) is 13.2 Å². The van der Waals surface area contributed by atoms with Gasteiger partial charge in [0.2, 0.25) is 5.91 Å². The number of nitrogens with zero attached hydrogens (tertiary/aromatic N) is 1. The lowest BCUT2D eigenvalue weighted by Crippen LogP contribution is -2.45. The summed E-state index contributed by atoms with van der Waals surface area (Å²) in [6.45, 7) is -1.19. The van der Waals surface area contributed by atoms with Crippen molar-refractivity contribution >= 4 is 17.2 Å². The Morgan fingerprint density at radius 2 is 2.10 bits per heavy atom. The summed E-state index contributed by atoms with van der Waals surface area (Å²) in [5.41, 5.74) is -0.778. The summed E-state index contributed by atoms with van der Waals surface area (Å²) in [4.78, 5) is 14.2. The van der Waals surface area contributed by atoms with Gasteiger partial charge in [-0.3, -0.25) is 10.1 Å². The Balaban J connectivity index is 1.92. The third kappa shape index (κ3) is 2.33. The smallest absolute Gasteiger partial charge is 0.311 e. The molecular weight excluding hydrogens is 289 g/mol. The normalized spacial score (nSPS) is 25.9. The van der Waals surface area contributed by atoms with E-state index in [2.05, 4.69) is 5.32 Å². The highest BCUT2D eigenvalue weighted by Gasteiger charge is 2.54. The molecule has 0 radical (unpaired) electrons. The highest BCUT2D eigenvalue weighted by molar-refractivity contribution is 7.10. The maximum atomic E-state index is 12.8. The summed E-state index contributed by atoms with van der Waals surface area (Å²) in [5.74, 6) is -0.397. The number of thiophene rings is 1. The van der Waals surface area contributed by atoms with Crippen LogP contribution in [0, 0.1) is 0 Å². The van der Waals surface area contributed by atoms with E-state index >= 15 is 0 Å².